The van der Waals surface area contributed by atoms with Gasteiger partial charge >= 0.3 is 0 Å². The van der Waals surface area contributed by atoms with Gasteiger partial charge in [0, 0.05) is 6.54 Å². The number of carbonyl (C=O) groups excluding carboxylic acids is 1. The van der Waals surface area contributed by atoms with Crippen LogP contribution >= 0.6 is 0 Å². The third kappa shape index (κ3) is 1.90. The molecule has 1 N–H and O–H groups in total. The summed E-state index contributed by atoms with van der Waals surface area (Å²) in [4.78, 5) is 14.1. The maximum atomic E-state index is 10.3. The highest BCUT2D eigenvalue weighted by molar-refractivity contribution is 5.55. The van der Waals surface area contributed by atoms with Crippen LogP contribution in [0.15, 0.2) is 12.7 Å². The van der Waals surface area contributed by atoms with E-state index in [2.05, 4.69) is 15.4 Å². The average molecular weight is 182 g/mol. The predicted molar refractivity (Wildman–Crippen MR) is 42.7 cm³/mol. The minimum Gasteiger partial charge on any atom is -0.350 e. The maximum absolute atomic E-state index is 10.3. The van der Waals surface area contributed by atoms with E-state index in [4.69, 9.17) is 4.74 Å². The normalized spacial score (nSPS) is 27.7. The van der Waals surface area contributed by atoms with E-state index >= 15 is 0 Å². The molecule has 13 heavy (non-hydrogen) atoms. The van der Waals surface area contributed by atoms with Gasteiger partial charge in [-0.1, -0.05) is 0 Å². The van der Waals surface area contributed by atoms with Crippen molar-refractivity contribution in [2.45, 2.75) is 18.9 Å². The van der Waals surface area contributed by atoms with Crippen LogP contribution in [0, 0.1) is 0 Å². The number of carbonyl (C=O) groups is 1. The van der Waals surface area contributed by atoms with Crippen LogP contribution < -0.4 is 5.32 Å². The lowest BCUT2D eigenvalue weighted by atomic mass is 10.4. The molecule has 6 nitrogen and oxygen atoms in total. The average Bonchev–Trinajstić information content (AvgIpc) is 2.76. The van der Waals surface area contributed by atoms with Crippen molar-refractivity contribution in [2.75, 3.05) is 6.54 Å². The number of nitrogens with one attached hydrogen (secondary N) is 1. The Balaban J connectivity index is 1.87. The Hall–Kier alpha value is -1.27. The first-order valence-corrected chi connectivity index (χ1v) is 4.05. The second kappa shape index (κ2) is 3.63. The topological polar surface area (TPSA) is 69.0 Å². The van der Waals surface area contributed by atoms with Crippen molar-refractivity contribution < 1.29 is 9.53 Å². The summed E-state index contributed by atoms with van der Waals surface area (Å²) in [5.74, 6) is 0. The fourth-order valence-electron chi connectivity index (χ4n) is 1.27. The molecule has 0 saturated carbocycles. The lowest BCUT2D eigenvalue weighted by Crippen LogP contribution is -2.23. The van der Waals surface area contributed by atoms with Crippen molar-refractivity contribution in [3.63, 3.8) is 0 Å². The minimum absolute atomic E-state index is 0.00287. The van der Waals surface area contributed by atoms with Crippen molar-refractivity contribution in [1.29, 1.82) is 0 Å². The highest BCUT2D eigenvalue weighted by Crippen LogP contribution is 2.04. The standard InChI is InChI=1S/C7H10N4O2/c12-3-7-9-1-6(13-7)2-11-5-8-4-10-11/h3-7,9H,1-2H2. The first kappa shape index (κ1) is 8.33. The molecule has 1 aliphatic heterocycles. The summed E-state index contributed by atoms with van der Waals surface area (Å²) in [6.07, 6.45) is 3.38. The van der Waals surface area contributed by atoms with Crippen LogP contribution in [-0.2, 0) is 16.1 Å². The zero-order chi connectivity index (χ0) is 9.10. The van der Waals surface area contributed by atoms with E-state index in [1.54, 1.807) is 11.0 Å². The zero-order valence-corrected chi connectivity index (χ0v) is 6.96. The van der Waals surface area contributed by atoms with Gasteiger partial charge < -0.3 is 4.74 Å². The smallest absolute Gasteiger partial charge is 0.165 e. The highest BCUT2D eigenvalue weighted by Gasteiger charge is 2.24. The van der Waals surface area contributed by atoms with Gasteiger partial charge in [0.1, 0.15) is 12.7 Å². The van der Waals surface area contributed by atoms with E-state index in [1.807, 2.05) is 0 Å². The third-order valence-electron chi connectivity index (χ3n) is 1.87. The molecule has 70 valence electrons. The summed E-state index contributed by atoms with van der Waals surface area (Å²) in [5.41, 5.74) is 0. The van der Waals surface area contributed by atoms with Gasteiger partial charge in [-0.15, -0.1) is 0 Å². The summed E-state index contributed by atoms with van der Waals surface area (Å²) < 4.78 is 7.00. The van der Waals surface area contributed by atoms with Gasteiger partial charge in [0.25, 0.3) is 0 Å². The van der Waals surface area contributed by atoms with Gasteiger partial charge in [0.2, 0.25) is 0 Å². The summed E-state index contributed by atoms with van der Waals surface area (Å²) in [7, 11) is 0. The van der Waals surface area contributed by atoms with E-state index < -0.39 is 6.23 Å². The second-order valence-corrected chi connectivity index (χ2v) is 2.84. The Morgan fingerprint density at radius 3 is 3.31 bits per heavy atom. The van der Waals surface area contributed by atoms with Crippen molar-refractivity contribution >= 4 is 6.29 Å². The molecule has 2 atom stereocenters. The largest absolute Gasteiger partial charge is 0.350 e. The Morgan fingerprint density at radius 1 is 1.77 bits per heavy atom. The molecule has 0 aromatic carbocycles. The minimum atomic E-state index is -0.464. The summed E-state index contributed by atoms with van der Waals surface area (Å²) >= 11 is 0. The Labute approximate surface area is 74.9 Å². The Kier molecular flexibility index (Phi) is 2.33. The molecule has 1 aromatic rings. The molecule has 1 aliphatic rings. The molecular formula is C7H10N4O2. The van der Waals surface area contributed by atoms with E-state index in [1.165, 1.54) is 6.33 Å². The zero-order valence-electron chi connectivity index (χ0n) is 6.96. The van der Waals surface area contributed by atoms with E-state index in [0.29, 0.717) is 13.1 Å². The molecule has 0 radical (unpaired) electrons. The molecule has 1 saturated heterocycles. The maximum Gasteiger partial charge on any atom is 0.165 e. The van der Waals surface area contributed by atoms with Gasteiger partial charge in [-0.05, 0) is 0 Å². The fraction of sp³-hybridized carbons (Fsp3) is 0.571. The summed E-state index contributed by atoms with van der Waals surface area (Å²) in [6, 6.07) is 0. The van der Waals surface area contributed by atoms with Crippen LogP contribution in [-0.4, -0.2) is 39.9 Å². The van der Waals surface area contributed by atoms with Crippen LogP contribution in [0.4, 0.5) is 0 Å². The van der Waals surface area contributed by atoms with Crippen LogP contribution in [0.2, 0.25) is 0 Å². The molecule has 0 amide bonds. The first-order valence-electron chi connectivity index (χ1n) is 4.05. The van der Waals surface area contributed by atoms with Crippen LogP contribution in [0.5, 0.6) is 0 Å². The monoisotopic (exact) mass is 182 g/mol. The van der Waals surface area contributed by atoms with Gasteiger partial charge in [0.05, 0.1) is 12.6 Å². The molecule has 1 aromatic heterocycles. The Morgan fingerprint density at radius 2 is 2.69 bits per heavy atom. The molecule has 2 rings (SSSR count). The van der Waals surface area contributed by atoms with Crippen LogP contribution in [0.1, 0.15) is 0 Å². The SMILES string of the molecule is O=CC1NCC(Cn2cncn2)O1. The first-order chi connectivity index (χ1) is 6.38. The number of hydrogen-bond donors (Lipinski definition) is 1. The highest BCUT2D eigenvalue weighted by atomic mass is 16.5. The second-order valence-electron chi connectivity index (χ2n) is 2.84. The number of ether oxygens (including phenoxy) is 1. The number of nitrogens with zero attached hydrogens (tertiary/aromatic N) is 3. The molecule has 2 heterocycles. The van der Waals surface area contributed by atoms with Crippen LogP contribution in [0.3, 0.4) is 0 Å². The number of rotatable bonds is 3. The molecule has 2 unspecified atom stereocenters. The van der Waals surface area contributed by atoms with Crippen molar-refractivity contribution in [3.8, 4) is 0 Å². The molecular weight excluding hydrogens is 172 g/mol. The molecule has 6 heteroatoms. The van der Waals surface area contributed by atoms with E-state index in [9.17, 15) is 4.79 Å². The molecule has 1 fully saturated rings. The van der Waals surface area contributed by atoms with Crippen molar-refractivity contribution in [1.82, 2.24) is 20.1 Å². The van der Waals surface area contributed by atoms with Crippen LogP contribution in [0.25, 0.3) is 0 Å². The Bertz CT molecular complexity index is 274. The number of hydrogen-bond acceptors (Lipinski definition) is 5. The van der Waals surface area contributed by atoms with E-state index in [0.717, 1.165) is 6.29 Å². The van der Waals surface area contributed by atoms with Gasteiger partial charge in [-0.25, -0.2) is 4.98 Å². The predicted octanol–water partition coefficient (Wildman–Crippen LogP) is -1.21. The molecule has 0 bridgehead atoms. The van der Waals surface area contributed by atoms with Gasteiger partial charge in [0.15, 0.2) is 12.5 Å². The quantitative estimate of drug-likeness (QED) is 0.594. The van der Waals surface area contributed by atoms with Gasteiger partial charge in [-0.3, -0.25) is 14.8 Å². The van der Waals surface area contributed by atoms with Gasteiger partial charge in [-0.2, -0.15) is 5.10 Å². The lowest BCUT2D eigenvalue weighted by molar-refractivity contribution is -0.118. The number of aromatic nitrogens is 3. The summed E-state index contributed by atoms with van der Waals surface area (Å²) in [5, 5.41) is 6.86. The summed E-state index contributed by atoms with van der Waals surface area (Å²) in [6.45, 7) is 1.29. The molecule has 0 spiro atoms. The van der Waals surface area contributed by atoms with Crippen molar-refractivity contribution in [3.05, 3.63) is 12.7 Å². The van der Waals surface area contributed by atoms with Crippen molar-refractivity contribution in [2.24, 2.45) is 0 Å². The fourth-order valence-corrected chi connectivity index (χ4v) is 1.27. The number of aldehydes is 1. The lowest BCUT2D eigenvalue weighted by Gasteiger charge is -2.07. The molecule has 0 aliphatic carbocycles. The third-order valence-corrected chi connectivity index (χ3v) is 1.87. The van der Waals surface area contributed by atoms with E-state index in [-0.39, 0.29) is 6.10 Å².